The summed E-state index contributed by atoms with van der Waals surface area (Å²) < 4.78 is 1.43. The third-order valence-corrected chi connectivity index (χ3v) is 0.987. The average Bonchev–Trinajstić information content (AvgIpc) is 2.14. The summed E-state index contributed by atoms with van der Waals surface area (Å²) in [5, 5.41) is 10.7. The van der Waals surface area contributed by atoms with Gasteiger partial charge in [-0.25, -0.2) is 0 Å². The van der Waals surface area contributed by atoms with E-state index in [1.807, 2.05) is 6.26 Å². The van der Waals surface area contributed by atoms with Crippen molar-refractivity contribution in [3.8, 4) is 0 Å². The fraction of sp³-hybridized carbons (Fsp3) is 0.500. The van der Waals surface area contributed by atoms with Gasteiger partial charge in [0.15, 0.2) is 0 Å². The molecule has 41 valence electrons. The van der Waals surface area contributed by atoms with Crippen LogP contribution in [0.3, 0.4) is 0 Å². The van der Waals surface area contributed by atoms with Gasteiger partial charge in [-0.3, -0.25) is 0 Å². The average molecular weight is 205 g/mol. The van der Waals surface area contributed by atoms with Crippen molar-refractivity contribution in [1.82, 2.24) is 15.4 Å². The van der Waals surface area contributed by atoms with Gasteiger partial charge in [0.2, 0.25) is 0 Å². The summed E-state index contributed by atoms with van der Waals surface area (Å²) in [7, 11) is 0. The van der Waals surface area contributed by atoms with E-state index in [2.05, 4.69) is 15.4 Å². The van der Waals surface area contributed by atoms with Crippen LogP contribution in [0.15, 0.2) is 6.33 Å². The third-order valence-electron chi connectivity index (χ3n) is 0.494. The van der Waals surface area contributed by atoms with E-state index in [0.29, 0.717) is 0 Å². The molecule has 0 aromatic carbocycles. The maximum atomic E-state index is 3.69. The molecule has 1 radical (unpaired) electrons. The smallest absolute Gasteiger partial charge is 0.0770 e. The number of nitrogens with zero attached hydrogens (tertiary/aromatic N) is 4. The maximum absolute atomic E-state index is 3.69. The minimum absolute atomic E-state index is 0. The second-order valence-electron chi connectivity index (χ2n) is 0.871. The molecular formula is C2H4N4SY. The van der Waals surface area contributed by atoms with Crippen LogP contribution in [-0.2, 0) is 32.7 Å². The molecule has 0 aliphatic carbocycles. The molecule has 0 N–H and O–H groups in total. The van der Waals surface area contributed by atoms with Gasteiger partial charge < -0.3 is 5.10 Å². The molecule has 0 saturated carbocycles. The van der Waals surface area contributed by atoms with Crippen molar-refractivity contribution in [3.05, 3.63) is 6.33 Å². The number of aromatic nitrogens is 4. The van der Waals surface area contributed by atoms with E-state index in [-0.39, 0.29) is 32.7 Å². The molecule has 0 fully saturated rings. The number of hydrogen-bond acceptors (Lipinski definition) is 3. The minimum Gasteiger partial charge on any atom is -0.318 e. The van der Waals surface area contributed by atoms with Crippen molar-refractivity contribution < 1.29 is 36.9 Å². The Bertz CT molecular complexity index is 129. The monoisotopic (exact) mass is 205 g/mol. The van der Waals surface area contributed by atoms with Crippen LogP contribution in [0.25, 0.3) is 0 Å². The summed E-state index contributed by atoms with van der Waals surface area (Å²) in [4.78, 5) is 0. The van der Waals surface area contributed by atoms with Gasteiger partial charge in [-0.1, -0.05) is 0 Å². The van der Waals surface area contributed by atoms with Gasteiger partial charge in [0.25, 0.3) is 0 Å². The Morgan fingerprint density at radius 1 is 1.75 bits per heavy atom. The van der Waals surface area contributed by atoms with Crippen LogP contribution >= 0.6 is 11.9 Å². The van der Waals surface area contributed by atoms with Crippen molar-refractivity contribution >= 4 is 11.9 Å². The van der Waals surface area contributed by atoms with E-state index < -0.39 is 0 Å². The summed E-state index contributed by atoms with van der Waals surface area (Å²) in [6.07, 6.45) is 3.28. The molecule has 0 saturated heterocycles. The van der Waals surface area contributed by atoms with Crippen molar-refractivity contribution in [3.63, 3.8) is 0 Å². The first kappa shape index (κ1) is 8.52. The molecule has 8 heavy (non-hydrogen) atoms. The first-order valence-corrected chi connectivity index (χ1v) is 2.89. The molecular weight excluding hydrogens is 201 g/mol. The SMILES string of the molecule is CS[n+]1nnc[n-]1.[Y]. The van der Waals surface area contributed by atoms with Crippen LogP contribution in [0, 0.1) is 0 Å². The predicted octanol–water partition coefficient (Wildman–Crippen LogP) is -1.16. The van der Waals surface area contributed by atoms with Gasteiger partial charge in [0, 0.05) is 45.3 Å². The van der Waals surface area contributed by atoms with E-state index in [1.165, 1.54) is 22.5 Å². The number of tetrazole rings is 1. The van der Waals surface area contributed by atoms with E-state index in [0.717, 1.165) is 0 Å². The van der Waals surface area contributed by atoms with Crippen LogP contribution < -0.4 is 9.30 Å². The Morgan fingerprint density at radius 2 is 2.50 bits per heavy atom. The summed E-state index contributed by atoms with van der Waals surface area (Å²) in [5.41, 5.74) is 0. The molecule has 1 rings (SSSR count). The molecule has 0 aliphatic rings. The molecule has 0 bridgehead atoms. The number of rotatable bonds is 1. The molecule has 0 aliphatic heterocycles. The molecule has 1 heterocycles. The Balaban J connectivity index is 0.000000490. The molecule has 1 aromatic heterocycles. The van der Waals surface area contributed by atoms with Crippen LogP contribution in [-0.4, -0.2) is 16.6 Å². The normalized spacial score (nSPS) is 8.12. The predicted molar refractivity (Wildman–Crippen MR) is 24.5 cm³/mol. The van der Waals surface area contributed by atoms with Gasteiger partial charge in [0.05, 0.1) is 11.9 Å². The molecule has 1 aromatic rings. The zero-order valence-corrected chi connectivity index (χ0v) is 8.01. The van der Waals surface area contributed by atoms with Crippen LogP contribution in [0.5, 0.6) is 0 Å². The van der Waals surface area contributed by atoms with Crippen LogP contribution in [0.4, 0.5) is 0 Å². The molecule has 6 heteroatoms. The van der Waals surface area contributed by atoms with Gasteiger partial charge in [0.1, 0.15) is 0 Å². The van der Waals surface area contributed by atoms with Crippen LogP contribution in [0.2, 0.25) is 0 Å². The second kappa shape index (κ2) is 4.41. The third kappa shape index (κ3) is 2.19. The fourth-order valence-corrected chi connectivity index (χ4v) is 0.493. The Labute approximate surface area is 76.4 Å². The Morgan fingerprint density at radius 3 is 2.75 bits per heavy atom. The van der Waals surface area contributed by atoms with Crippen molar-refractivity contribution in [2.45, 2.75) is 0 Å². The van der Waals surface area contributed by atoms with Gasteiger partial charge in [-0.2, -0.15) is 10.3 Å². The maximum Gasteiger partial charge on any atom is 0.0770 e. The van der Waals surface area contributed by atoms with Crippen molar-refractivity contribution in [2.24, 2.45) is 0 Å². The largest absolute Gasteiger partial charge is 0.318 e. The van der Waals surface area contributed by atoms with Gasteiger partial charge in [-0.05, 0) is 0 Å². The first-order chi connectivity index (χ1) is 3.43. The van der Waals surface area contributed by atoms with E-state index in [1.54, 1.807) is 0 Å². The van der Waals surface area contributed by atoms with Crippen molar-refractivity contribution in [2.75, 3.05) is 6.26 Å². The van der Waals surface area contributed by atoms with Gasteiger partial charge >= 0.3 is 0 Å². The standard InChI is InChI=1S/C2H4N4S.Y/c1-7-6-4-2-3-5-6;/h2H,1H3;. The molecule has 0 atom stereocenters. The van der Waals surface area contributed by atoms with Crippen LogP contribution in [0.1, 0.15) is 0 Å². The van der Waals surface area contributed by atoms with Crippen molar-refractivity contribution in [1.29, 1.82) is 0 Å². The molecule has 4 nitrogen and oxygen atoms in total. The summed E-state index contributed by atoms with van der Waals surface area (Å²) >= 11 is 1.41. The van der Waals surface area contributed by atoms with E-state index >= 15 is 0 Å². The second-order valence-corrected chi connectivity index (χ2v) is 1.56. The van der Waals surface area contributed by atoms with Gasteiger partial charge in [-0.15, -0.1) is 4.20 Å². The quantitative estimate of drug-likeness (QED) is 0.543. The minimum atomic E-state index is 0. The number of hydrogen-bond donors (Lipinski definition) is 0. The molecule has 0 unspecified atom stereocenters. The topological polar surface area (TPSA) is 43.8 Å². The summed E-state index contributed by atoms with van der Waals surface area (Å²) in [5.74, 6) is 0. The molecule has 0 spiro atoms. The summed E-state index contributed by atoms with van der Waals surface area (Å²) in [6, 6.07) is 0. The van der Waals surface area contributed by atoms with E-state index in [9.17, 15) is 0 Å². The Kier molecular flexibility index (Phi) is 4.70. The summed E-state index contributed by atoms with van der Waals surface area (Å²) in [6.45, 7) is 0. The Hall–Kier alpha value is 0.524. The fourth-order valence-electron chi connectivity index (χ4n) is 0.241. The van der Waals surface area contributed by atoms with E-state index in [4.69, 9.17) is 0 Å². The molecule has 0 amide bonds. The zero-order valence-electron chi connectivity index (χ0n) is 4.35. The zero-order chi connectivity index (χ0) is 5.11. The first-order valence-electron chi connectivity index (χ1n) is 1.71.